The summed E-state index contributed by atoms with van der Waals surface area (Å²) in [5.41, 5.74) is 44.0. The van der Waals surface area contributed by atoms with Crippen LogP contribution in [0.25, 0.3) is 0 Å². The summed E-state index contributed by atoms with van der Waals surface area (Å²) in [6.07, 6.45) is 10.9. The molecule has 0 unspecified atom stereocenters. The second-order valence-electron chi connectivity index (χ2n) is 40.9. The molecule has 0 radical (unpaired) electrons. The van der Waals surface area contributed by atoms with Gasteiger partial charge in [0.2, 0.25) is 100 Å². The van der Waals surface area contributed by atoms with Crippen LogP contribution in [-0.4, -0.2) is 253 Å². The molecule has 0 fully saturated rings. The van der Waals surface area contributed by atoms with E-state index < -0.39 is 192 Å². The Kier molecular flexibility index (Phi) is 67.6. The lowest BCUT2D eigenvalue weighted by Gasteiger charge is -2.30. The SMILES string of the molecule is CC(C)C[C@H](NC(=O)[C@H](CCCCN)NC(=O)[C@H](CC(C)C)NC(=O)[C@H](CC(C)C)NC(=O)[C@H](CCCCN)NC(=O)[C@H](CCCCN)NC(=O)[C@H](CC(C)C)NC(=O)[C@H](CC(C)C)NC(=O)[C@H](Cc1cnc[nH]1)NC(=O)[C@H](CC(C)C)NC(=O)[C@H](CC(C)C)NC(=O)[C@H](CCCCN)NC(=O)[C@H](CCCCN)NC(=O)[C@@H](N)CC(C)C)C(=O)N[C@@H](CCCCN)C(=O)NCC(=O)NCCCCCC(=O)NN. The molecule has 814 valence electrons. The Hall–Kier alpha value is -10.1. The topological polar surface area (TPSA) is 732 Å². The first kappa shape index (κ1) is 130. The van der Waals surface area contributed by atoms with E-state index in [0.717, 1.165) is 0 Å². The summed E-state index contributed by atoms with van der Waals surface area (Å²) in [6.45, 7) is 30.8. The quantitative estimate of drug-likeness (QED) is 0.0176. The van der Waals surface area contributed by atoms with E-state index in [0.29, 0.717) is 122 Å². The average Bonchev–Trinajstić information content (AvgIpc) is 1.21. The van der Waals surface area contributed by atoms with E-state index >= 15 is 19.2 Å². The van der Waals surface area contributed by atoms with Crippen molar-refractivity contribution in [3.05, 3.63) is 18.2 Å². The molecule has 15 atom stereocenters. The number of nitrogens with zero attached hydrogens (tertiary/aromatic N) is 1. The summed E-state index contributed by atoms with van der Waals surface area (Å²) in [6, 6.07) is -18.9. The number of unbranched alkanes of at least 4 members (excludes halogenated alkanes) is 8. The summed E-state index contributed by atoms with van der Waals surface area (Å²) in [4.78, 5) is 251. The molecule has 1 aromatic heterocycles. The largest absolute Gasteiger partial charge is 0.355 e. The van der Waals surface area contributed by atoms with Crippen LogP contribution in [-0.2, 0) is 87.9 Å². The molecule has 0 saturated heterocycles. The number of aromatic nitrogens is 2. The van der Waals surface area contributed by atoms with E-state index in [-0.39, 0.29) is 182 Å². The van der Waals surface area contributed by atoms with Gasteiger partial charge >= 0.3 is 0 Å². The molecule has 0 saturated carbocycles. The zero-order chi connectivity index (χ0) is 107. The molecule has 0 aliphatic carbocycles. The number of carbonyl (C=O) groups is 17. The number of imidazole rings is 1. The summed E-state index contributed by atoms with van der Waals surface area (Å²) < 4.78 is 0. The van der Waals surface area contributed by atoms with Crippen molar-refractivity contribution in [1.29, 1.82) is 0 Å². The molecule has 1 rings (SSSR count). The fourth-order valence-corrected chi connectivity index (χ4v) is 16.0. The summed E-state index contributed by atoms with van der Waals surface area (Å²) >= 11 is 0. The van der Waals surface area contributed by atoms with Gasteiger partial charge in [0.25, 0.3) is 0 Å². The first-order valence-corrected chi connectivity index (χ1v) is 51.9. The number of hydrogen-bond donors (Lipinski definition) is 26. The second kappa shape index (κ2) is 73.9. The Bertz CT molecular complexity index is 3910. The van der Waals surface area contributed by atoms with Gasteiger partial charge in [-0.3, -0.25) is 86.9 Å². The highest BCUT2D eigenvalue weighted by Crippen LogP contribution is 2.20. The number of H-pyrrole nitrogens is 1. The van der Waals surface area contributed by atoms with Crippen LogP contribution in [0, 0.1) is 47.3 Å². The second-order valence-corrected chi connectivity index (χ2v) is 40.9. The van der Waals surface area contributed by atoms with Crippen LogP contribution in [0.2, 0.25) is 0 Å². The van der Waals surface area contributed by atoms with E-state index in [2.05, 4.69) is 100 Å². The molecule has 142 heavy (non-hydrogen) atoms. The minimum atomic E-state index is -1.45. The van der Waals surface area contributed by atoms with Crippen LogP contribution in [0.15, 0.2) is 12.5 Å². The Labute approximate surface area is 842 Å². The maximum atomic E-state index is 15.1. The van der Waals surface area contributed by atoms with Crippen molar-refractivity contribution in [2.24, 2.45) is 93.3 Å². The minimum absolute atomic E-state index is 0.000375. The molecule has 1 heterocycles. The summed E-state index contributed by atoms with van der Waals surface area (Å²) in [5.74, 6) is -8.26. The maximum absolute atomic E-state index is 15.1. The molecule has 44 nitrogen and oxygen atoms in total. The van der Waals surface area contributed by atoms with Crippen LogP contribution >= 0.6 is 0 Å². The highest BCUT2D eigenvalue weighted by Gasteiger charge is 2.40. The van der Waals surface area contributed by atoms with Crippen molar-refractivity contribution < 1.29 is 81.5 Å². The van der Waals surface area contributed by atoms with Crippen LogP contribution in [0.1, 0.15) is 309 Å². The Morgan fingerprint density at radius 2 is 0.486 bits per heavy atom. The number of amides is 17. The standard InChI is InChI=1S/C98H185N27O17/c1-58(2)46-67(105)84(128)111-69(33-20-26-40-100)86(130)113-71(35-22-28-42-102)88(132)119-78(51-63(11)12)95(139)122-80(53-65(15)16)97(141)124-81(54-66-55-107-57-110-66)98(142)123-79(52-64(13)14)96(140)121-75(48-60(5)6)92(136)115-70(34-21-27-41-101)87(131)114-72(36-23-29-43-103)89(133)118-77(50-62(9)10)94(138)120-76(49-61(7)8)93(137)116-73(37-24-30-44-104)90(134)117-74(47-59(3)4)91(135)112-68(32-19-25-39-99)85(129)109-56-83(127)108-45-31-17-18-38-82(126)125-106/h55,57-65,67-81H,17-54,56,99-106H2,1-16H3,(H,107,110)(H,108,127)(H,109,129)(H,111,128)(H,112,135)(H,113,130)(H,114,131)(H,115,136)(H,116,137)(H,117,134)(H,118,133)(H,119,132)(H,120,138)(H,121,140)(H,122,139)(H,123,142)(H,124,141)(H,125,126)/t67-,68-,69-,70-,71-,72-,73-,74-,75-,76-,77-,78-,79-,80-,81-/m0/s1. The Morgan fingerprint density at radius 1 is 0.261 bits per heavy atom. The molecule has 0 aliphatic heterocycles. The Balaban J connectivity index is 3.81. The fourth-order valence-electron chi connectivity index (χ4n) is 16.0. The third kappa shape index (κ3) is 56.8. The van der Waals surface area contributed by atoms with E-state index in [1.165, 1.54) is 12.5 Å². The zero-order valence-electron chi connectivity index (χ0n) is 88.0. The molecular formula is C98H185N27O17. The third-order valence-electron chi connectivity index (χ3n) is 23.5. The lowest BCUT2D eigenvalue weighted by Crippen LogP contribution is -2.61. The number of rotatable bonds is 79. The molecule has 0 spiro atoms. The third-order valence-corrected chi connectivity index (χ3v) is 23.5. The van der Waals surface area contributed by atoms with Gasteiger partial charge < -0.3 is 130 Å². The van der Waals surface area contributed by atoms with E-state index in [4.69, 9.17) is 46.0 Å². The highest BCUT2D eigenvalue weighted by atomic mass is 16.2. The molecule has 34 N–H and O–H groups in total. The Morgan fingerprint density at radius 3 is 0.718 bits per heavy atom. The maximum Gasteiger partial charge on any atom is 0.243 e. The van der Waals surface area contributed by atoms with Gasteiger partial charge in [0.1, 0.15) is 84.6 Å². The molecule has 0 aromatic carbocycles. The number of nitrogens with two attached hydrogens (primary N) is 8. The summed E-state index contributed by atoms with van der Waals surface area (Å²) in [7, 11) is 0. The van der Waals surface area contributed by atoms with Crippen LogP contribution in [0.3, 0.4) is 0 Å². The van der Waals surface area contributed by atoms with Crippen LogP contribution in [0.4, 0.5) is 0 Å². The normalized spacial score (nSPS) is 14.7. The zero-order valence-corrected chi connectivity index (χ0v) is 88.0. The van der Waals surface area contributed by atoms with Crippen molar-refractivity contribution in [3.63, 3.8) is 0 Å². The molecular weight excluding hydrogens is 1830 g/mol. The molecule has 0 bridgehead atoms. The smallest absolute Gasteiger partial charge is 0.243 e. The predicted molar refractivity (Wildman–Crippen MR) is 547 cm³/mol. The van der Waals surface area contributed by atoms with Gasteiger partial charge in [-0.15, -0.1) is 0 Å². The number of aromatic amines is 1. The van der Waals surface area contributed by atoms with E-state index in [1.54, 1.807) is 0 Å². The van der Waals surface area contributed by atoms with Crippen molar-refractivity contribution in [3.8, 4) is 0 Å². The molecule has 0 aliphatic rings. The highest BCUT2D eigenvalue weighted by molar-refractivity contribution is 6.01. The fraction of sp³-hybridized carbons (Fsp3) is 0.796. The molecule has 1 aromatic rings. The van der Waals surface area contributed by atoms with E-state index in [1.807, 2.05) is 111 Å². The van der Waals surface area contributed by atoms with E-state index in [9.17, 15) is 62.3 Å². The molecule has 44 heteroatoms. The first-order chi connectivity index (χ1) is 67.2. The average molecular weight is 2010 g/mol. The van der Waals surface area contributed by atoms with Gasteiger partial charge in [-0.05, 0) is 266 Å². The van der Waals surface area contributed by atoms with Gasteiger partial charge in [0.05, 0.1) is 18.9 Å². The monoisotopic (exact) mass is 2010 g/mol. The number of hydrogen-bond acceptors (Lipinski definition) is 26. The first-order valence-electron chi connectivity index (χ1n) is 51.9. The van der Waals surface area contributed by atoms with Crippen LogP contribution < -0.4 is 136 Å². The van der Waals surface area contributed by atoms with Crippen molar-refractivity contribution in [2.75, 3.05) is 52.4 Å². The predicted octanol–water partition coefficient (Wildman–Crippen LogP) is -0.00780. The van der Waals surface area contributed by atoms with Crippen molar-refractivity contribution >= 4 is 100 Å². The number of nitrogens with one attached hydrogen (secondary N) is 18. The molecule has 17 amide bonds. The van der Waals surface area contributed by atoms with Crippen molar-refractivity contribution in [2.45, 2.75) is 400 Å². The van der Waals surface area contributed by atoms with Crippen molar-refractivity contribution in [1.82, 2.24) is 100 Å². The van der Waals surface area contributed by atoms with Gasteiger partial charge in [-0.1, -0.05) is 117 Å². The minimum Gasteiger partial charge on any atom is -0.355 e. The number of hydrazine groups is 1. The van der Waals surface area contributed by atoms with Crippen LogP contribution in [0.5, 0.6) is 0 Å². The van der Waals surface area contributed by atoms with Gasteiger partial charge in [-0.2, -0.15) is 0 Å². The van der Waals surface area contributed by atoms with Gasteiger partial charge in [-0.25, -0.2) is 10.8 Å². The summed E-state index contributed by atoms with van der Waals surface area (Å²) in [5, 5.41) is 44.8. The lowest BCUT2D eigenvalue weighted by atomic mass is 9.98. The van der Waals surface area contributed by atoms with Gasteiger partial charge in [0.15, 0.2) is 0 Å². The van der Waals surface area contributed by atoms with Gasteiger partial charge in [0, 0.05) is 31.3 Å². The number of carbonyl (C=O) groups excluding carboxylic acids is 17. The lowest BCUT2D eigenvalue weighted by molar-refractivity contribution is -0.137.